The number of ether oxygens (including phenoxy) is 1. The highest BCUT2D eigenvalue weighted by molar-refractivity contribution is 5.81. The van der Waals surface area contributed by atoms with Gasteiger partial charge in [-0.05, 0) is 0 Å². The molecule has 0 aliphatic carbocycles. The molecule has 1 heterocycles. The number of carbonyl (C=O) groups excluding carboxylic acids is 2. The Hall–Kier alpha value is -1.18. The average Bonchev–Trinajstić information content (AvgIpc) is 2.42. The van der Waals surface area contributed by atoms with Gasteiger partial charge in [-0.25, -0.2) is 0 Å². The first kappa shape index (κ1) is 15.9. The van der Waals surface area contributed by atoms with Crippen molar-refractivity contribution in [3.8, 4) is 0 Å². The van der Waals surface area contributed by atoms with Crippen molar-refractivity contribution in [2.24, 2.45) is 0 Å². The van der Waals surface area contributed by atoms with Crippen molar-refractivity contribution in [3.63, 3.8) is 0 Å². The van der Waals surface area contributed by atoms with Gasteiger partial charge in [0, 0.05) is 33.7 Å². The van der Waals surface area contributed by atoms with Crippen LogP contribution in [0.1, 0.15) is 0 Å². The minimum atomic E-state index is -0.0245. The summed E-state index contributed by atoms with van der Waals surface area (Å²) in [5.41, 5.74) is 0. The van der Waals surface area contributed by atoms with Gasteiger partial charge in [-0.1, -0.05) is 0 Å². The van der Waals surface area contributed by atoms with Gasteiger partial charge in [-0.2, -0.15) is 0 Å². The van der Waals surface area contributed by atoms with Gasteiger partial charge in [0.15, 0.2) is 0 Å². The molecule has 7 heteroatoms. The van der Waals surface area contributed by atoms with Crippen LogP contribution in [-0.4, -0.2) is 98.3 Å². The Labute approximate surface area is 113 Å². The molecule has 110 valence electrons. The molecule has 0 aromatic rings. The lowest BCUT2D eigenvalue weighted by atomic mass is 10.4. The normalized spacial score (nSPS) is 19.3. The minimum Gasteiger partial charge on any atom is -0.394 e. The largest absolute Gasteiger partial charge is 0.394 e. The second-order valence-corrected chi connectivity index (χ2v) is 4.68. The molecular formula is C12H23N3O4. The lowest BCUT2D eigenvalue weighted by Crippen LogP contribution is -2.42. The van der Waals surface area contributed by atoms with E-state index >= 15 is 0 Å². The van der Waals surface area contributed by atoms with Crippen LogP contribution < -0.4 is 0 Å². The van der Waals surface area contributed by atoms with Crippen molar-refractivity contribution < 1.29 is 19.4 Å². The van der Waals surface area contributed by atoms with E-state index in [1.54, 1.807) is 28.8 Å². The molecule has 0 atom stereocenters. The van der Waals surface area contributed by atoms with E-state index < -0.39 is 0 Å². The average molecular weight is 273 g/mol. The second kappa shape index (κ2) is 8.08. The minimum absolute atomic E-state index is 0.00487. The van der Waals surface area contributed by atoms with Crippen LogP contribution >= 0.6 is 0 Å². The summed E-state index contributed by atoms with van der Waals surface area (Å²) in [6.07, 6.45) is 0. The van der Waals surface area contributed by atoms with Gasteiger partial charge in [-0.3, -0.25) is 14.5 Å². The van der Waals surface area contributed by atoms with E-state index in [9.17, 15) is 9.59 Å². The SMILES string of the molecule is CN1CCN(C)C(=O)CN(CCOCCO)CC1=O. The number of nitrogens with zero attached hydrogens (tertiary/aromatic N) is 3. The number of hydrogen-bond donors (Lipinski definition) is 1. The van der Waals surface area contributed by atoms with Crippen LogP contribution in [0, 0.1) is 0 Å². The standard InChI is InChI=1S/C12H23N3O4/c1-13-3-4-14(2)12(18)10-15(9-11(13)17)5-7-19-8-6-16/h16H,3-10H2,1-2H3. The Morgan fingerprint density at radius 2 is 1.58 bits per heavy atom. The molecule has 1 saturated heterocycles. The fraction of sp³-hybridized carbons (Fsp3) is 0.833. The molecule has 1 rings (SSSR count). The highest BCUT2D eigenvalue weighted by Crippen LogP contribution is 2.00. The number of hydrogen-bond acceptors (Lipinski definition) is 5. The first-order valence-electron chi connectivity index (χ1n) is 6.43. The van der Waals surface area contributed by atoms with Crippen LogP contribution in [0.25, 0.3) is 0 Å². The molecule has 0 unspecified atom stereocenters. The van der Waals surface area contributed by atoms with Crippen molar-refractivity contribution in [2.45, 2.75) is 0 Å². The zero-order chi connectivity index (χ0) is 14.3. The van der Waals surface area contributed by atoms with E-state index in [-0.39, 0.29) is 38.1 Å². The molecule has 0 spiro atoms. The maximum absolute atomic E-state index is 11.9. The summed E-state index contributed by atoms with van der Waals surface area (Å²) in [7, 11) is 3.48. The van der Waals surface area contributed by atoms with Gasteiger partial charge in [0.2, 0.25) is 11.8 Å². The predicted octanol–water partition coefficient (Wildman–Crippen LogP) is -1.77. The summed E-state index contributed by atoms with van der Waals surface area (Å²) >= 11 is 0. The molecule has 0 radical (unpaired) electrons. The maximum atomic E-state index is 11.9. The zero-order valence-corrected chi connectivity index (χ0v) is 11.7. The summed E-state index contributed by atoms with van der Waals surface area (Å²) in [6, 6.07) is 0. The highest BCUT2D eigenvalue weighted by atomic mass is 16.5. The summed E-state index contributed by atoms with van der Waals surface area (Å²) in [5.74, 6) is 0.00974. The lowest BCUT2D eigenvalue weighted by Gasteiger charge is -2.22. The van der Waals surface area contributed by atoms with Crippen LogP contribution in [0.4, 0.5) is 0 Å². The number of carbonyl (C=O) groups is 2. The van der Waals surface area contributed by atoms with Crippen molar-refractivity contribution >= 4 is 11.8 Å². The van der Waals surface area contributed by atoms with Gasteiger partial charge in [-0.15, -0.1) is 0 Å². The molecule has 1 aliphatic rings. The third-order valence-electron chi connectivity index (χ3n) is 3.13. The molecule has 0 bridgehead atoms. The van der Waals surface area contributed by atoms with Crippen molar-refractivity contribution in [1.29, 1.82) is 0 Å². The summed E-state index contributed by atoms with van der Waals surface area (Å²) in [6.45, 7) is 2.69. The van der Waals surface area contributed by atoms with E-state index in [0.29, 0.717) is 26.2 Å². The van der Waals surface area contributed by atoms with E-state index in [2.05, 4.69) is 0 Å². The third-order valence-corrected chi connectivity index (χ3v) is 3.13. The molecule has 1 N–H and O–H groups in total. The van der Waals surface area contributed by atoms with Gasteiger partial charge >= 0.3 is 0 Å². The van der Waals surface area contributed by atoms with Gasteiger partial charge in [0.05, 0.1) is 32.9 Å². The summed E-state index contributed by atoms with van der Waals surface area (Å²) in [4.78, 5) is 28.9. The van der Waals surface area contributed by atoms with Gasteiger partial charge in [0.1, 0.15) is 0 Å². The first-order chi connectivity index (χ1) is 9.04. The molecule has 0 aromatic carbocycles. The van der Waals surface area contributed by atoms with Crippen LogP contribution in [0.2, 0.25) is 0 Å². The van der Waals surface area contributed by atoms with Crippen molar-refractivity contribution in [1.82, 2.24) is 14.7 Å². The Kier molecular flexibility index (Phi) is 6.75. The number of amides is 2. The van der Waals surface area contributed by atoms with Crippen LogP contribution in [0.5, 0.6) is 0 Å². The van der Waals surface area contributed by atoms with E-state index in [4.69, 9.17) is 9.84 Å². The summed E-state index contributed by atoms with van der Waals surface area (Å²) in [5, 5.41) is 8.62. The monoisotopic (exact) mass is 273 g/mol. The highest BCUT2D eigenvalue weighted by Gasteiger charge is 2.22. The Morgan fingerprint density at radius 3 is 2.05 bits per heavy atom. The van der Waals surface area contributed by atoms with Crippen molar-refractivity contribution in [2.75, 3.05) is 66.6 Å². The molecule has 1 fully saturated rings. The Balaban J connectivity index is 2.54. The smallest absolute Gasteiger partial charge is 0.236 e. The zero-order valence-electron chi connectivity index (χ0n) is 11.7. The predicted molar refractivity (Wildman–Crippen MR) is 69.6 cm³/mol. The molecule has 0 aromatic heterocycles. The number of rotatable bonds is 5. The van der Waals surface area contributed by atoms with Gasteiger partial charge < -0.3 is 19.6 Å². The number of likely N-dealkylation sites (N-methyl/N-ethyl adjacent to an activating group) is 2. The third kappa shape index (κ3) is 5.54. The fourth-order valence-electron chi connectivity index (χ4n) is 1.75. The number of aliphatic hydroxyl groups is 1. The van der Waals surface area contributed by atoms with Crippen LogP contribution in [-0.2, 0) is 14.3 Å². The molecular weight excluding hydrogens is 250 g/mol. The molecule has 7 nitrogen and oxygen atoms in total. The Morgan fingerprint density at radius 1 is 1.05 bits per heavy atom. The number of aliphatic hydroxyl groups excluding tert-OH is 1. The summed E-state index contributed by atoms with van der Waals surface area (Å²) < 4.78 is 5.17. The van der Waals surface area contributed by atoms with Crippen LogP contribution in [0.3, 0.4) is 0 Å². The van der Waals surface area contributed by atoms with E-state index in [1.807, 2.05) is 0 Å². The molecule has 1 aliphatic heterocycles. The Bertz CT molecular complexity index is 287. The van der Waals surface area contributed by atoms with E-state index in [1.165, 1.54) is 0 Å². The molecule has 19 heavy (non-hydrogen) atoms. The second-order valence-electron chi connectivity index (χ2n) is 4.68. The van der Waals surface area contributed by atoms with Gasteiger partial charge in [0.25, 0.3) is 0 Å². The maximum Gasteiger partial charge on any atom is 0.236 e. The quantitative estimate of drug-likeness (QED) is 0.600. The molecule has 0 saturated carbocycles. The van der Waals surface area contributed by atoms with Crippen molar-refractivity contribution in [3.05, 3.63) is 0 Å². The fourth-order valence-corrected chi connectivity index (χ4v) is 1.75. The van der Waals surface area contributed by atoms with Crippen LogP contribution in [0.15, 0.2) is 0 Å². The van der Waals surface area contributed by atoms with E-state index in [0.717, 1.165) is 0 Å². The first-order valence-corrected chi connectivity index (χ1v) is 6.43. The lowest BCUT2D eigenvalue weighted by molar-refractivity contribution is -0.131. The topological polar surface area (TPSA) is 73.3 Å². The molecule has 2 amide bonds.